The van der Waals surface area contributed by atoms with E-state index in [2.05, 4.69) is 19.2 Å². The Labute approximate surface area is 137 Å². The van der Waals surface area contributed by atoms with E-state index in [0.29, 0.717) is 17.7 Å². The molecular formula is C18H26N2O3. The van der Waals surface area contributed by atoms with E-state index in [-0.39, 0.29) is 23.5 Å². The van der Waals surface area contributed by atoms with Gasteiger partial charge in [0, 0.05) is 29.2 Å². The molecule has 1 aromatic carbocycles. The highest BCUT2D eigenvalue weighted by Gasteiger charge is 2.53. The van der Waals surface area contributed by atoms with Crippen molar-refractivity contribution in [2.45, 2.75) is 52.2 Å². The molecule has 1 aromatic rings. The van der Waals surface area contributed by atoms with Crippen molar-refractivity contribution in [3.05, 3.63) is 35.4 Å². The van der Waals surface area contributed by atoms with Crippen LogP contribution < -0.4 is 11.1 Å². The van der Waals surface area contributed by atoms with E-state index in [1.54, 1.807) is 24.3 Å². The van der Waals surface area contributed by atoms with E-state index in [9.17, 15) is 9.59 Å². The van der Waals surface area contributed by atoms with Gasteiger partial charge in [0.15, 0.2) is 0 Å². The van der Waals surface area contributed by atoms with Crippen molar-refractivity contribution in [3.63, 3.8) is 0 Å². The van der Waals surface area contributed by atoms with Gasteiger partial charge in [-0.1, -0.05) is 13.8 Å². The summed E-state index contributed by atoms with van der Waals surface area (Å²) in [7, 11) is 0. The van der Waals surface area contributed by atoms with Crippen LogP contribution >= 0.6 is 0 Å². The molecule has 2 amide bonds. The molecule has 23 heavy (non-hydrogen) atoms. The summed E-state index contributed by atoms with van der Waals surface area (Å²) >= 11 is 0. The van der Waals surface area contributed by atoms with Gasteiger partial charge in [-0.2, -0.15) is 0 Å². The third-order valence-electron chi connectivity index (χ3n) is 5.21. The number of ether oxygens (including phenoxy) is 1. The van der Waals surface area contributed by atoms with Crippen LogP contribution in [0.4, 0.5) is 0 Å². The predicted octanol–water partition coefficient (Wildman–Crippen LogP) is 2.50. The summed E-state index contributed by atoms with van der Waals surface area (Å²) in [5.41, 5.74) is 6.16. The minimum absolute atomic E-state index is 0.0127. The van der Waals surface area contributed by atoms with Gasteiger partial charge in [-0.15, -0.1) is 0 Å². The number of carbonyl (C=O) groups excluding carboxylic acids is 2. The fourth-order valence-corrected chi connectivity index (χ4v) is 3.61. The third-order valence-corrected chi connectivity index (χ3v) is 5.21. The van der Waals surface area contributed by atoms with Crippen molar-refractivity contribution >= 4 is 11.8 Å². The van der Waals surface area contributed by atoms with Gasteiger partial charge >= 0.3 is 0 Å². The summed E-state index contributed by atoms with van der Waals surface area (Å²) in [5.74, 6) is -0.612. The van der Waals surface area contributed by atoms with E-state index in [0.717, 1.165) is 19.3 Å². The molecule has 0 saturated heterocycles. The maximum atomic E-state index is 12.4. The minimum atomic E-state index is -0.494. The molecule has 2 rings (SSSR count). The van der Waals surface area contributed by atoms with E-state index in [1.165, 1.54) is 0 Å². The zero-order valence-electron chi connectivity index (χ0n) is 14.1. The first-order valence-electron chi connectivity index (χ1n) is 8.30. The molecule has 0 bridgehead atoms. The molecule has 5 nitrogen and oxygen atoms in total. The first kappa shape index (κ1) is 17.5. The van der Waals surface area contributed by atoms with Crippen LogP contribution in [0.1, 0.15) is 60.7 Å². The Kier molecular flexibility index (Phi) is 5.42. The highest BCUT2D eigenvalue weighted by atomic mass is 16.5. The normalized spacial score (nSPS) is 22.2. The lowest BCUT2D eigenvalue weighted by Gasteiger charge is -2.55. The van der Waals surface area contributed by atoms with Crippen molar-refractivity contribution in [1.29, 1.82) is 0 Å². The summed E-state index contributed by atoms with van der Waals surface area (Å²) in [6, 6.07) is 6.54. The zero-order chi connectivity index (χ0) is 17.0. The van der Waals surface area contributed by atoms with Crippen LogP contribution in [0.5, 0.6) is 0 Å². The number of carbonyl (C=O) groups is 2. The Morgan fingerprint density at radius 2 is 1.74 bits per heavy atom. The molecule has 2 atom stereocenters. The van der Waals surface area contributed by atoms with Crippen LogP contribution in [0.3, 0.4) is 0 Å². The van der Waals surface area contributed by atoms with Gasteiger partial charge in [0.25, 0.3) is 5.91 Å². The second-order valence-electron chi connectivity index (χ2n) is 6.09. The summed E-state index contributed by atoms with van der Waals surface area (Å²) in [6.45, 7) is 6.99. The van der Waals surface area contributed by atoms with Crippen LogP contribution in [0.15, 0.2) is 24.3 Å². The molecule has 1 aliphatic rings. The number of benzene rings is 1. The van der Waals surface area contributed by atoms with E-state index < -0.39 is 5.91 Å². The summed E-state index contributed by atoms with van der Waals surface area (Å²) in [4.78, 5) is 23.5. The molecule has 0 radical (unpaired) electrons. The molecule has 1 saturated carbocycles. The number of primary amides is 1. The smallest absolute Gasteiger partial charge is 0.251 e. The topological polar surface area (TPSA) is 81.4 Å². The molecular weight excluding hydrogens is 292 g/mol. The summed E-state index contributed by atoms with van der Waals surface area (Å²) < 4.78 is 5.83. The van der Waals surface area contributed by atoms with Gasteiger partial charge in [-0.05, 0) is 50.5 Å². The molecule has 2 unspecified atom stereocenters. The Balaban J connectivity index is 2.06. The fourth-order valence-electron chi connectivity index (χ4n) is 3.61. The van der Waals surface area contributed by atoms with Crippen LogP contribution in [0.25, 0.3) is 0 Å². The van der Waals surface area contributed by atoms with Crippen molar-refractivity contribution in [3.8, 4) is 0 Å². The average Bonchev–Trinajstić information content (AvgIpc) is 2.55. The number of amides is 2. The number of nitrogens with one attached hydrogen (secondary N) is 1. The van der Waals surface area contributed by atoms with Crippen molar-refractivity contribution < 1.29 is 14.3 Å². The molecule has 0 aromatic heterocycles. The largest absolute Gasteiger partial charge is 0.378 e. The molecule has 126 valence electrons. The molecule has 1 fully saturated rings. The molecule has 0 spiro atoms. The van der Waals surface area contributed by atoms with Crippen molar-refractivity contribution in [2.24, 2.45) is 11.1 Å². The van der Waals surface area contributed by atoms with E-state index >= 15 is 0 Å². The standard InChI is InChI=1S/C18H26N2O3/c1-4-18(5-2)14(11-15(18)23-6-3)20-17(22)13-9-7-12(8-10-13)16(19)21/h7-10,14-15H,4-6,11H2,1-3H3,(H2,19,21)(H,20,22). The monoisotopic (exact) mass is 318 g/mol. The molecule has 0 aliphatic heterocycles. The zero-order valence-corrected chi connectivity index (χ0v) is 14.1. The van der Waals surface area contributed by atoms with Crippen LogP contribution in [-0.4, -0.2) is 30.6 Å². The number of hydrogen-bond donors (Lipinski definition) is 2. The average molecular weight is 318 g/mol. The van der Waals surface area contributed by atoms with Gasteiger partial charge in [0.1, 0.15) is 0 Å². The van der Waals surface area contributed by atoms with Crippen LogP contribution in [0.2, 0.25) is 0 Å². The molecule has 1 aliphatic carbocycles. The van der Waals surface area contributed by atoms with Gasteiger partial charge < -0.3 is 15.8 Å². The molecule has 3 N–H and O–H groups in total. The van der Waals surface area contributed by atoms with E-state index in [1.807, 2.05) is 6.92 Å². The Hall–Kier alpha value is -1.88. The van der Waals surface area contributed by atoms with E-state index in [4.69, 9.17) is 10.5 Å². The van der Waals surface area contributed by atoms with Crippen LogP contribution in [0, 0.1) is 5.41 Å². The molecule has 5 heteroatoms. The number of rotatable bonds is 7. The SMILES string of the molecule is CCOC1CC(NC(=O)c2ccc(C(N)=O)cc2)C1(CC)CC. The first-order valence-corrected chi connectivity index (χ1v) is 8.30. The highest BCUT2D eigenvalue weighted by molar-refractivity contribution is 5.97. The van der Waals surface area contributed by atoms with Crippen LogP contribution in [-0.2, 0) is 4.74 Å². The minimum Gasteiger partial charge on any atom is -0.378 e. The lowest BCUT2D eigenvalue weighted by atomic mass is 9.58. The quantitative estimate of drug-likeness (QED) is 0.810. The Morgan fingerprint density at radius 3 is 2.22 bits per heavy atom. The Bertz CT molecular complexity index is 564. The van der Waals surface area contributed by atoms with Crippen molar-refractivity contribution in [1.82, 2.24) is 5.32 Å². The second kappa shape index (κ2) is 7.13. The predicted molar refractivity (Wildman–Crippen MR) is 89.3 cm³/mol. The lowest BCUT2D eigenvalue weighted by molar-refractivity contribution is -0.134. The van der Waals surface area contributed by atoms with Gasteiger partial charge in [-0.3, -0.25) is 9.59 Å². The third kappa shape index (κ3) is 3.24. The summed E-state index contributed by atoms with van der Waals surface area (Å²) in [6.07, 6.45) is 3.00. The Morgan fingerprint density at radius 1 is 1.17 bits per heavy atom. The second-order valence-corrected chi connectivity index (χ2v) is 6.09. The number of nitrogens with two attached hydrogens (primary N) is 1. The van der Waals surface area contributed by atoms with Crippen molar-refractivity contribution in [2.75, 3.05) is 6.61 Å². The maximum absolute atomic E-state index is 12.4. The molecule has 0 heterocycles. The fraction of sp³-hybridized carbons (Fsp3) is 0.556. The first-order chi connectivity index (χ1) is 11.0. The van der Waals surface area contributed by atoms with Gasteiger partial charge in [0.05, 0.1) is 6.10 Å². The number of hydrogen-bond acceptors (Lipinski definition) is 3. The van der Waals surface area contributed by atoms with Gasteiger partial charge in [-0.25, -0.2) is 0 Å². The lowest BCUT2D eigenvalue weighted by Crippen LogP contribution is -2.64. The highest BCUT2D eigenvalue weighted by Crippen LogP contribution is 2.48. The van der Waals surface area contributed by atoms with Gasteiger partial charge in [0.2, 0.25) is 5.91 Å². The summed E-state index contributed by atoms with van der Waals surface area (Å²) in [5, 5.41) is 3.13. The maximum Gasteiger partial charge on any atom is 0.251 e.